The predicted molar refractivity (Wildman–Crippen MR) is 52.5 cm³/mol. The smallest absolute Gasteiger partial charge is 0.152 e. The van der Waals surface area contributed by atoms with Crippen LogP contribution in [0.5, 0.6) is 0 Å². The number of nitrogens with zero attached hydrogens (tertiary/aromatic N) is 4. The summed E-state index contributed by atoms with van der Waals surface area (Å²) in [4.78, 5) is 0. The van der Waals surface area contributed by atoms with Gasteiger partial charge in [-0.2, -0.15) is 0 Å². The zero-order valence-electron chi connectivity index (χ0n) is 8.39. The van der Waals surface area contributed by atoms with Gasteiger partial charge >= 0.3 is 0 Å². The summed E-state index contributed by atoms with van der Waals surface area (Å²) >= 11 is 0. The number of nitrogens with two attached hydrogens (primary N) is 1. The quantitative estimate of drug-likeness (QED) is 0.753. The first kappa shape index (κ1) is 9.58. The third-order valence-electron chi connectivity index (χ3n) is 2.88. The number of aromatic nitrogens is 4. The lowest BCUT2D eigenvalue weighted by Crippen LogP contribution is -2.15. The van der Waals surface area contributed by atoms with Crippen LogP contribution < -0.4 is 5.73 Å². The van der Waals surface area contributed by atoms with E-state index in [0.29, 0.717) is 6.54 Å². The number of tetrazole rings is 1. The normalized spacial score (nSPS) is 17.8. The lowest BCUT2D eigenvalue weighted by molar-refractivity contribution is 0.412. The largest absolute Gasteiger partial charge is 0.330 e. The number of rotatable bonds is 4. The van der Waals surface area contributed by atoms with Crippen molar-refractivity contribution < 1.29 is 0 Å². The Morgan fingerprint density at radius 2 is 2.14 bits per heavy atom. The standard InChI is InChI=1S/C9H17N5/c10-6-5-9-11-12-13-14(9)7-8-3-1-2-4-8/h8H,1-7,10H2. The SMILES string of the molecule is NCCc1nnnn1CC1CCCC1. The van der Waals surface area contributed by atoms with Crippen LogP contribution >= 0.6 is 0 Å². The van der Waals surface area contributed by atoms with Crippen LogP contribution in [0.1, 0.15) is 31.5 Å². The topological polar surface area (TPSA) is 69.6 Å². The zero-order valence-corrected chi connectivity index (χ0v) is 8.39. The third kappa shape index (κ3) is 2.09. The minimum atomic E-state index is 0.616. The molecule has 0 radical (unpaired) electrons. The Morgan fingerprint density at radius 1 is 1.36 bits per heavy atom. The first-order valence-corrected chi connectivity index (χ1v) is 5.35. The van der Waals surface area contributed by atoms with E-state index in [4.69, 9.17) is 5.73 Å². The van der Waals surface area contributed by atoms with Gasteiger partial charge in [-0.3, -0.25) is 0 Å². The summed E-state index contributed by atoms with van der Waals surface area (Å²) < 4.78 is 1.92. The molecule has 0 atom stereocenters. The Morgan fingerprint density at radius 3 is 2.86 bits per heavy atom. The second kappa shape index (κ2) is 4.50. The van der Waals surface area contributed by atoms with Crippen molar-refractivity contribution in [1.29, 1.82) is 0 Å². The summed E-state index contributed by atoms with van der Waals surface area (Å²) in [6.07, 6.45) is 6.14. The van der Waals surface area contributed by atoms with Crippen LogP contribution in [0.3, 0.4) is 0 Å². The van der Waals surface area contributed by atoms with Gasteiger partial charge in [0.1, 0.15) is 0 Å². The molecule has 0 aliphatic heterocycles. The third-order valence-corrected chi connectivity index (χ3v) is 2.88. The van der Waals surface area contributed by atoms with E-state index in [1.807, 2.05) is 4.68 Å². The summed E-state index contributed by atoms with van der Waals surface area (Å²) in [5.74, 6) is 1.70. The van der Waals surface area contributed by atoms with Gasteiger partial charge in [0, 0.05) is 13.0 Å². The molecule has 1 aromatic heterocycles. The van der Waals surface area contributed by atoms with Gasteiger partial charge in [0.2, 0.25) is 0 Å². The fraction of sp³-hybridized carbons (Fsp3) is 0.889. The molecule has 1 fully saturated rings. The van der Waals surface area contributed by atoms with E-state index in [1.54, 1.807) is 0 Å². The van der Waals surface area contributed by atoms with Crippen molar-refractivity contribution in [3.8, 4) is 0 Å². The molecule has 0 saturated heterocycles. The molecule has 5 nitrogen and oxygen atoms in total. The summed E-state index contributed by atoms with van der Waals surface area (Å²) in [6, 6.07) is 0. The highest BCUT2D eigenvalue weighted by Gasteiger charge is 2.17. The zero-order chi connectivity index (χ0) is 9.80. The first-order chi connectivity index (χ1) is 6.90. The summed E-state index contributed by atoms with van der Waals surface area (Å²) in [7, 11) is 0. The predicted octanol–water partition coefficient (Wildman–Crippen LogP) is 0.364. The van der Waals surface area contributed by atoms with Crippen LogP contribution in [0, 0.1) is 5.92 Å². The van der Waals surface area contributed by atoms with Gasteiger partial charge < -0.3 is 5.73 Å². The molecule has 0 aromatic carbocycles. The van der Waals surface area contributed by atoms with E-state index < -0.39 is 0 Å². The molecule has 0 unspecified atom stereocenters. The number of hydrogen-bond acceptors (Lipinski definition) is 4. The molecule has 1 aliphatic rings. The van der Waals surface area contributed by atoms with Gasteiger partial charge in [-0.1, -0.05) is 12.8 Å². The Balaban J connectivity index is 1.96. The van der Waals surface area contributed by atoms with E-state index in [1.165, 1.54) is 25.7 Å². The fourth-order valence-electron chi connectivity index (χ4n) is 2.11. The van der Waals surface area contributed by atoms with E-state index in [-0.39, 0.29) is 0 Å². The molecule has 2 N–H and O–H groups in total. The summed E-state index contributed by atoms with van der Waals surface area (Å²) in [5, 5.41) is 11.7. The maximum atomic E-state index is 5.49. The van der Waals surface area contributed by atoms with Gasteiger partial charge in [-0.05, 0) is 35.7 Å². The van der Waals surface area contributed by atoms with Crippen molar-refractivity contribution in [1.82, 2.24) is 20.2 Å². The maximum absolute atomic E-state index is 5.49. The van der Waals surface area contributed by atoms with Crippen LogP contribution in [0.4, 0.5) is 0 Å². The van der Waals surface area contributed by atoms with Crippen molar-refractivity contribution in [2.45, 2.75) is 38.6 Å². The van der Waals surface area contributed by atoms with Gasteiger partial charge in [-0.15, -0.1) is 5.10 Å². The molecule has 2 rings (SSSR count). The van der Waals surface area contributed by atoms with Crippen molar-refractivity contribution in [2.75, 3.05) is 6.54 Å². The molecule has 1 heterocycles. The highest BCUT2D eigenvalue weighted by atomic mass is 15.5. The Bertz CT molecular complexity index is 276. The van der Waals surface area contributed by atoms with Crippen LogP contribution in [0.25, 0.3) is 0 Å². The minimum Gasteiger partial charge on any atom is -0.330 e. The van der Waals surface area contributed by atoms with Crippen molar-refractivity contribution in [3.05, 3.63) is 5.82 Å². The van der Waals surface area contributed by atoms with E-state index in [2.05, 4.69) is 15.5 Å². The molecule has 0 spiro atoms. The van der Waals surface area contributed by atoms with Gasteiger partial charge in [0.15, 0.2) is 5.82 Å². The lowest BCUT2D eigenvalue weighted by atomic mass is 10.1. The molecular formula is C9H17N5. The van der Waals surface area contributed by atoms with E-state index >= 15 is 0 Å². The first-order valence-electron chi connectivity index (χ1n) is 5.35. The van der Waals surface area contributed by atoms with Crippen molar-refractivity contribution in [2.24, 2.45) is 11.7 Å². The van der Waals surface area contributed by atoms with E-state index in [9.17, 15) is 0 Å². The van der Waals surface area contributed by atoms with Crippen LogP contribution in [0.15, 0.2) is 0 Å². The van der Waals surface area contributed by atoms with Crippen molar-refractivity contribution in [3.63, 3.8) is 0 Å². The molecule has 78 valence electrons. The fourth-order valence-corrected chi connectivity index (χ4v) is 2.11. The minimum absolute atomic E-state index is 0.616. The van der Waals surface area contributed by atoms with Gasteiger partial charge in [0.05, 0.1) is 0 Å². The molecule has 1 aliphatic carbocycles. The number of hydrogen-bond donors (Lipinski definition) is 1. The Hall–Kier alpha value is -0.970. The summed E-state index contributed by atoms with van der Waals surface area (Å²) in [6.45, 7) is 1.59. The average Bonchev–Trinajstić information content (AvgIpc) is 2.80. The van der Waals surface area contributed by atoms with Crippen LogP contribution in [-0.4, -0.2) is 26.8 Å². The molecule has 1 aromatic rings. The van der Waals surface area contributed by atoms with Gasteiger partial charge in [0.25, 0.3) is 0 Å². The second-order valence-corrected chi connectivity index (χ2v) is 3.97. The molecule has 5 heteroatoms. The molecular weight excluding hydrogens is 178 g/mol. The second-order valence-electron chi connectivity index (χ2n) is 3.97. The van der Waals surface area contributed by atoms with Gasteiger partial charge in [-0.25, -0.2) is 4.68 Å². The highest BCUT2D eigenvalue weighted by molar-refractivity contribution is 4.82. The molecule has 1 saturated carbocycles. The molecule has 0 bridgehead atoms. The Kier molecular flexibility index (Phi) is 3.08. The monoisotopic (exact) mass is 195 g/mol. The maximum Gasteiger partial charge on any atom is 0.152 e. The van der Waals surface area contributed by atoms with E-state index in [0.717, 1.165) is 24.7 Å². The van der Waals surface area contributed by atoms with Crippen LogP contribution in [0.2, 0.25) is 0 Å². The molecule has 14 heavy (non-hydrogen) atoms. The average molecular weight is 195 g/mol. The Labute approximate surface area is 83.7 Å². The summed E-state index contributed by atoms with van der Waals surface area (Å²) in [5.41, 5.74) is 5.49. The lowest BCUT2D eigenvalue weighted by Gasteiger charge is -2.09. The highest BCUT2D eigenvalue weighted by Crippen LogP contribution is 2.25. The van der Waals surface area contributed by atoms with Crippen LogP contribution in [-0.2, 0) is 13.0 Å². The van der Waals surface area contributed by atoms with Crippen molar-refractivity contribution >= 4 is 0 Å². The molecule has 0 amide bonds.